The average Bonchev–Trinajstić information content (AvgIpc) is 2.87. The first kappa shape index (κ1) is 11.3. The zero-order valence-corrected chi connectivity index (χ0v) is 11.0. The fraction of sp³-hybridized carbons (Fsp3) is 0.786. The van der Waals surface area contributed by atoms with E-state index in [-0.39, 0.29) is 0 Å². The second-order valence-electron chi connectivity index (χ2n) is 5.78. The number of likely N-dealkylation sites (N-methyl/N-ethyl adjacent to an activating group) is 1. The molecule has 2 aliphatic heterocycles. The van der Waals surface area contributed by atoms with Crippen LogP contribution in [0.2, 0.25) is 0 Å². The molecule has 2 unspecified atom stereocenters. The largest absolute Gasteiger partial charge is 0.332 e. The molecule has 0 aliphatic carbocycles. The molecular formula is C14H23N3. The smallest absolute Gasteiger partial charge is 0.109 e. The highest BCUT2D eigenvalue weighted by Crippen LogP contribution is 2.26. The van der Waals surface area contributed by atoms with Crippen molar-refractivity contribution in [1.82, 2.24) is 14.5 Å². The van der Waals surface area contributed by atoms with Gasteiger partial charge in [0.25, 0.3) is 0 Å². The Morgan fingerprint density at radius 3 is 2.94 bits per heavy atom. The van der Waals surface area contributed by atoms with Gasteiger partial charge in [0.05, 0.1) is 5.69 Å². The lowest BCUT2D eigenvalue weighted by Gasteiger charge is -2.20. The molecule has 2 aliphatic rings. The summed E-state index contributed by atoms with van der Waals surface area (Å²) < 4.78 is 2.41. The lowest BCUT2D eigenvalue weighted by Crippen LogP contribution is -2.26. The molecule has 0 aromatic carbocycles. The predicted octanol–water partition coefficient (Wildman–Crippen LogP) is 2.42. The van der Waals surface area contributed by atoms with Crippen molar-refractivity contribution in [3.63, 3.8) is 0 Å². The highest BCUT2D eigenvalue weighted by atomic mass is 15.2. The van der Waals surface area contributed by atoms with E-state index < -0.39 is 0 Å². The van der Waals surface area contributed by atoms with E-state index >= 15 is 0 Å². The molecule has 1 aromatic heterocycles. The highest BCUT2D eigenvalue weighted by molar-refractivity contribution is 5.09. The van der Waals surface area contributed by atoms with Gasteiger partial charge in [-0.2, -0.15) is 0 Å². The van der Waals surface area contributed by atoms with Crippen molar-refractivity contribution >= 4 is 0 Å². The second kappa shape index (κ2) is 4.45. The Morgan fingerprint density at radius 1 is 1.35 bits per heavy atom. The SMILES string of the molecule is CC1CCCc2nc(CC3CCCN3C)cn21. The maximum Gasteiger partial charge on any atom is 0.109 e. The van der Waals surface area contributed by atoms with E-state index in [4.69, 9.17) is 4.98 Å². The molecule has 17 heavy (non-hydrogen) atoms. The van der Waals surface area contributed by atoms with Crippen LogP contribution in [0.5, 0.6) is 0 Å². The zero-order valence-electron chi connectivity index (χ0n) is 11.0. The number of aromatic nitrogens is 2. The highest BCUT2D eigenvalue weighted by Gasteiger charge is 2.24. The molecule has 3 rings (SSSR count). The van der Waals surface area contributed by atoms with Crippen LogP contribution in [0.4, 0.5) is 0 Å². The second-order valence-corrected chi connectivity index (χ2v) is 5.78. The van der Waals surface area contributed by atoms with E-state index in [9.17, 15) is 0 Å². The van der Waals surface area contributed by atoms with Crippen LogP contribution in [0.15, 0.2) is 6.20 Å². The summed E-state index contributed by atoms with van der Waals surface area (Å²) in [6.45, 7) is 3.57. The molecule has 3 heterocycles. The summed E-state index contributed by atoms with van der Waals surface area (Å²) >= 11 is 0. The number of imidazole rings is 1. The van der Waals surface area contributed by atoms with Gasteiger partial charge in [-0.1, -0.05) is 0 Å². The topological polar surface area (TPSA) is 21.1 Å². The van der Waals surface area contributed by atoms with Gasteiger partial charge in [-0.05, 0) is 46.2 Å². The van der Waals surface area contributed by atoms with E-state index in [2.05, 4.69) is 29.6 Å². The van der Waals surface area contributed by atoms with Crippen molar-refractivity contribution in [2.45, 2.75) is 57.5 Å². The van der Waals surface area contributed by atoms with Gasteiger partial charge in [0.2, 0.25) is 0 Å². The summed E-state index contributed by atoms with van der Waals surface area (Å²) in [5, 5.41) is 0. The molecule has 94 valence electrons. The Morgan fingerprint density at radius 2 is 2.24 bits per heavy atom. The molecule has 0 amide bonds. The number of fused-ring (bicyclic) bond motifs is 1. The van der Waals surface area contributed by atoms with Crippen LogP contribution in [-0.2, 0) is 12.8 Å². The van der Waals surface area contributed by atoms with Gasteiger partial charge < -0.3 is 9.47 Å². The minimum absolute atomic E-state index is 0.654. The van der Waals surface area contributed by atoms with Gasteiger partial charge in [0.1, 0.15) is 5.82 Å². The molecule has 2 atom stereocenters. The van der Waals surface area contributed by atoms with Crippen LogP contribution in [0.3, 0.4) is 0 Å². The number of likely N-dealkylation sites (tertiary alicyclic amines) is 1. The number of aryl methyl sites for hydroxylation is 1. The molecular weight excluding hydrogens is 210 g/mol. The normalized spacial score (nSPS) is 29.5. The Bertz CT molecular complexity index is 396. The fourth-order valence-electron chi connectivity index (χ4n) is 3.33. The third kappa shape index (κ3) is 2.13. The van der Waals surface area contributed by atoms with Crippen LogP contribution >= 0.6 is 0 Å². The van der Waals surface area contributed by atoms with Crippen LogP contribution in [0.25, 0.3) is 0 Å². The third-order valence-corrected chi connectivity index (χ3v) is 4.47. The number of nitrogens with zero attached hydrogens (tertiary/aromatic N) is 3. The van der Waals surface area contributed by atoms with Gasteiger partial charge in [-0.15, -0.1) is 0 Å². The van der Waals surface area contributed by atoms with Crippen molar-refractivity contribution in [2.24, 2.45) is 0 Å². The molecule has 3 heteroatoms. The maximum absolute atomic E-state index is 4.84. The van der Waals surface area contributed by atoms with Crippen LogP contribution in [-0.4, -0.2) is 34.1 Å². The molecule has 1 fully saturated rings. The fourth-order valence-corrected chi connectivity index (χ4v) is 3.33. The third-order valence-electron chi connectivity index (χ3n) is 4.47. The minimum atomic E-state index is 0.654. The summed E-state index contributed by atoms with van der Waals surface area (Å²) in [5.74, 6) is 1.32. The lowest BCUT2D eigenvalue weighted by molar-refractivity contribution is 0.308. The maximum atomic E-state index is 4.84. The molecule has 3 nitrogen and oxygen atoms in total. The molecule has 0 spiro atoms. The number of hydrogen-bond donors (Lipinski definition) is 0. The van der Waals surface area contributed by atoms with Crippen LogP contribution in [0.1, 0.15) is 50.2 Å². The molecule has 1 saturated heterocycles. The van der Waals surface area contributed by atoms with Gasteiger partial charge in [-0.3, -0.25) is 0 Å². The van der Waals surface area contributed by atoms with Crippen molar-refractivity contribution in [3.05, 3.63) is 17.7 Å². The van der Waals surface area contributed by atoms with Crippen LogP contribution in [0, 0.1) is 0 Å². The molecule has 0 radical (unpaired) electrons. The van der Waals surface area contributed by atoms with Crippen molar-refractivity contribution in [3.8, 4) is 0 Å². The predicted molar refractivity (Wildman–Crippen MR) is 69.2 cm³/mol. The van der Waals surface area contributed by atoms with Gasteiger partial charge >= 0.3 is 0 Å². The van der Waals surface area contributed by atoms with Crippen LogP contribution < -0.4 is 0 Å². The molecule has 0 saturated carbocycles. The summed E-state index contributed by atoms with van der Waals surface area (Å²) in [4.78, 5) is 7.32. The summed E-state index contributed by atoms with van der Waals surface area (Å²) in [7, 11) is 2.25. The minimum Gasteiger partial charge on any atom is -0.332 e. The lowest BCUT2D eigenvalue weighted by atomic mass is 10.1. The number of hydrogen-bond acceptors (Lipinski definition) is 2. The Hall–Kier alpha value is -0.830. The van der Waals surface area contributed by atoms with E-state index in [1.165, 1.54) is 50.2 Å². The standard InChI is InChI=1S/C14H23N3/c1-11-5-3-7-14-15-12(10-17(11)14)9-13-6-4-8-16(13)2/h10-11,13H,3-9H2,1-2H3. The van der Waals surface area contributed by atoms with E-state index in [1.54, 1.807) is 0 Å². The number of rotatable bonds is 2. The molecule has 0 bridgehead atoms. The summed E-state index contributed by atoms with van der Waals surface area (Å²) in [5.41, 5.74) is 1.31. The Labute approximate surface area is 104 Å². The van der Waals surface area contributed by atoms with Crippen molar-refractivity contribution < 1.29 is 0 Å². The van der Waals surface area contributed by atoms with Crippen molar-refractivity contribution in [2.75, 3.05) is 13.6 Å². The zero-order chi connectivity index (χ0) is 11.8. The Balaban J connectivity index is 1.75. The summed E-state index contributed by atoms with van der Waals surface area (Å²) in [6.07, 6.45) is 9.94. The molecule has 0 N–H and O–H groups in total. The quantitative estimate of drug-likeness (QED) is 0.782. The average molecular weight is 233 g/mol. The van der Waals surface area contributed by atoms with Gasteiger partial charge in [0.15, 0.2) is 0 Å². The first-order valence-electron chi connectivity index (χ1n) is 7.01. The molecule has 1 aromatic rings. The van der Waals surface area contributed by atoms with E-state index in [1.807, 2.05) is 0 Å². The first-order chi connectivity index (χ1) is 8.24. The van der Waals surface area contributed by atoms with E-state index in [0.717, 1.165) is 12.5 Å². The summed E-state index contributed by atoms with van der Waals surface area (Å²) in [6, 6.07) is 1.38. The van der Waals surface area contributed by atoms with Gasteiger partial charge in [0, 0.05) is 31.1 Å². The Kier molecular flexibility index (Phi) is 2.95. The monoisotopic (exact) mass is 233 g/mol. The van der Waals surface area contributed by atoms with E-state index in [0.29, 0.717) is 6.04 Å². The van der Waals surface area contributed by atoms with Crippen molar-refractivity contribution in [1.29, 1.82) is 0 Å². The van der Waals surface area contributed by atoms with Gasteiger partial charge in [-0.25, -0.2) is 4.98 Å². The first-order valence-corrected chi connectivity index (χ1v) is 7.01.